The SMILES string of the molecule is COc1cc(/C=C2\SC(=S)N(c3ccc(N=Nc4ccccc4C)cc3C)C2=O)ccc1O. The molecule has 1 fully saturated rings. The quantitative estimate of drug-likeness (QED) is 0.248. The van der Waals surface area contributed by atoms with E-state index in [0.29, 0.717) is 26.3 Å². The molecule has 8 heteroatoms. The van der Waals surface area contributed by atoms with Gasteiger partial charge in [-0.1, -0.05) is 48.2 Å². The molecule has 6 nitrogen and oxygen atoms in total. The highest BCUT2D eigenvalue weighted by Crippen LogP contribution is 2.39. The lowest BCUT2D eigenvalue weighted by Crippen LogP contribution is -2.28. The van der Waals surface area contributed by atoms with E-state index in [-0.39, 0.29) is 11.7 Å². The molecular formula is C25H21N3O3S2. The number of nitrogens with zero attached hydrogens (tertiary/aromatic N) is 3. The van der Waals surface area contributed by atoms with E-state index in [9.17, 15) is 9.90 Å². The van der Waals surface area contributed by atoms with Gasteiger partial charge in [0.1, 0.15) is 0 Å². The minimum atomic E-state index is -0.200. The molecule has 0 spiro atoms. The van der Waals surface area contributed by atoms with Crippen LogP contribution in [0.5, 0.6) is 11.5 Å². The van der Waals surface area contributed by atoms with Crippen molar-refractivity contribution in [1.82, 2.24) is 0 Å². The zero-order valence-electron chi connectivity index (χ0n) is 18.3. The third-order valence-electron chi connectivity index (χ3n) is 5.11. The number of ether oxygens (including phenoxy) is 1. The van der Waals surface area contributed by atoms with Gasteiger partial charge in [-0.05, 0) is 73.0 Å². The van der Waals surface area contributed by atoms with Gasteiger partial charge in [0.2, 0.25) is 0 Å². The Morgan fingerprint density at radius 1 is 1.03 bits per heavy atom. The summed E-state index contributed by atoms with van der Waals surface area (Å²) in [7, 11) is 1.48. The van der Waals surface area contributed by atoms with Crippen LogP contribution < -0.4 is 9.64 Å². The Kier molecular flexibility index (Phi) is 6.57. The average molecular weight is 476 g/mol. The number of methoxy groups -OCH3 is 1. The summed E-state index contributed by atoms with van der Waals surface area (Å²) in [5.74, 6) is 0.178. The number of carbonyl (C=O) groups excluding carboxylic acids is 1. The molecule has 0 bridgehead atoms. The van der Waals surface area contributed by atoms with Crippen LogP contribution in [0.3, 0.4) is 0 Å². The molecule has 3 aromatic rings. The van der Waals surface area contributed by atoms with Gasteiger partial charge in [-0.3, -0.25) is 9.69 Å². The zero-order valence-corrected chi connectivity index (χ0v) is 19.9. The van der Waals surface area contributed by atoms with E-state index in [4.69, 9.17) is 17.0 Å². The fourth-order valence-corrected chi connectivity index (χ4v) is 4.64. The third kappa shape index (κ3) is 4.81. The Hall–Kier alpha value is -3.49. The molecule has 0 aliphatic carbocycles. The fourth-order valence-electron chi connectivity index (χ4n) is 3.35. The number of amides is 1. The highest BCUT2D eigenvalue weighted by atomic mass is 32.2. The monoisotopic (exact) mass is 475 g/mol. The van der Waals surface area contributed by atoms with Crippen LogP contribution in [-0.2, 0) is 4.79 Å². The summed E-state index contributed by atoms with van der Waals surface area (Å²) in [4.78, 5) is 15.2. The maximum absolute atomic E-state index is 13.2. The Balaban J connectivity index is 1.58. The number of hydrogen-bond acceptors (Lipinski definition) is 7. The van der Waals surface area contributed by atoms with Crippen LogP contribution in [0, 0.1) is 13.8 Å². The van der Waals surface area contributed by atoms with Gasteiger partial charge in [0.05, 0.1) is 29.1 Å². The Labute approximate surface area is 201 Å². The van der Waals surface area contributed by atoms with Gasteiger partial charge in [0.15, 0.2) is 15.8 Å². The molecule has 0 aromatic heterocycles. The molecule has 33 heavy (non-hydrogen) atoms. The molecule has 0 unspecified atom stereocenters. The van der Waals surface area contributed by atoms with Gasteiger partial charge in [-0.2, -0.15) is 10.2 Å². The minimum absolute atomic E-state index is 0.0393. The van der Waals surface area contributed by atoms with E-state index in [1.165, 1.54) is 29.8 Å². The van der Waals surface area contributed by atoms with Gasteiger partial charge in [-0.25, -0.2) is 0 Å². The van der Waals surface area contributed by atoms with Crippen LogP contribution in [-0.4, -0.2) is 22.4 Å². The first-order chi connectivity index (χ1) is 15.9. The summed E-state index contributed by atoms with van der Waals surface area (Å²) in [5.41, 5.74) is 4.85. The topological polar surface area (TPSA) is 74.5 Å². The van der Waals surface area contributed by atoms with Crippen molar-refractivity contribution in [2.24, 2.45) is 10.2 Å². The number of thioether (sulfide) groups is 1. The number of azo groups is 1. The van der Waals surface area contributed by atoms with Gasteiger partial charge in [0, 0.05) is 0 Å². The number of rotatable bonds is 5. The second-order valence-corrected chi connectivity index (χ2v) is 9.08. The van der Waals surface area contributed by atoms with E-state index < -0.39 is 0 Å². The third-order valence-corrected chi connectivity index (χ3v) is 6.41. The number of benzene rings is 3. The largest absolute Gasteiger partial charge is 0.504 e. The van der Waals surface area contributed by atoms with Crippen molar-refractivity contribution in [3.8, 4) is 11.5 Å². The Bertz CT molecular complexity index is 1320. The summed E-state index contributed by atoms with van der Waals surface area (Å²) in [6, 6.07) is 18.2. The van der Waals surface area contributed by atoms with E-state index in [1.807, 2.05) is 56.3 Å². The highest BCUT2D eigenvalue weighted by molar-refractivity contribution is 8.27. The minimum Gasteiger partial charge on any atom is -0.504 e. The first kappa shape index (κ1) is 22.7. The number of hydrogen-bond donors (Lipinski definition) is 1. The summed E-state index contributed by atoms with van der Waals surface area (Å²) in [6.07, 6.45) is 1.74. The first-order valence-corrected chi connectivity index (χ1v) is 11.3. The van der Waals surface area contributed by atoms with Crippen LogP contribution in [0.4, 0.5) is 17.1 Å². The standard InChI is InChI=1S/C25H21N3O3S2/c1-15-6-4-5-7-19(15)27-26-18-9-10-20(16(2)12-18)28-24(30)23(33-25(28)32)14-17-8-11-21(29)22(13-17)31-3/h4-14,29H,1-3H3/b23-14-,27-26?. The smallest absolute Gasteiger partial charge is 0.270 e. The van der Waals surface area contributed by atoms with Gasteiger partial charge < -0.3 is 9.84 Å². The number of phenols is 1. The average Bonchev–Trinajstić information content (AvgIpc) is 3.07. The highest BCUT2D eigenvalue weighted by Gasteiger charge is 2.34. The van der Waals surface area contributed by atoms with Gasteiger partial charge in [0.25, 0.3) is 5.91 Å². The van der Waals surface area contributed by atoms with Crippen molar-refractivity contribution in [3.63, 3.8) is 0 Å². The normalized spacial score (nSPS) is 15.1. The number of anilines is 1. The van der Waals surface area contributed by atoms with Crippen molar-refractivity contribution in [2.45, 2.75) is 13.8 Å². The number of aryl methyl sites for hydroxylation is 2. The van der Waals surface area contributed by atoms with Crippen LogP contribution in [0.1, 0.15) is 16.7 Å². The molecule has 1 aliphatic heterocycles. The number of aromatic hydroxyl groups is 1. The Morgan fingerprint density at radius 2 is 1.82 bits per heavy atom. The van der Waals surface area contributed by atoms with Gasteiger partial charge >= 0.3 is 0 Å². The molecule has 1 saturated heterocycles. The van der Waals surface area contributed by atoms with E-state index >= 15 is 0 Å². The molecule has 3 aromatic carbocycles. The summed E-state index contributed by atoms with van der Waals surface area (Å²) >= 11 is 6.74. The number of carbonyl (C=O) groups is 1. The molecule has 0 saturated carbocycles. The van der Waals surface area contributed by atoms with Gasteiger partial charge in [-0.15, -0.1) is 0 Å². The number of phenolic OH excluding ortho intramolecular Hbond substituents is 1. The van der Waals surface area contributed by atoms with Crippen molar-refractivity contribution < 1.29 is 14.6 Å². The molecule has 166 valence electrons. The van der Waals surface area contributed by atoms with Crippen LogP contribution >= 0.6 is 24.0 Å². The lowest BCUT2D eigenvalue weighted by Gasteiger charge is -2.17. The van der Waals surface area contributed by atoms with Crippen LogP contribution in [0.2, 0.25) is 0 Å². The van der Waals surface area contributed by atoms with Crippen molar-refractivity contribution in [3.05, 3.63) is 82.3 Å². The van der Waals surface area contributed by atoms with E-state index in [0.717, 1.165) is 22.4 Å². The van der Waals surface area contributed by atoms with Crippen molar-refractivity contribution >= 4 is 57.3 Å². The van der Waals surface area contributed by atoms with Crippen molar-refractivity contribution in [1.29, 1.82) is 0 Å². The second-order valence-electron chi connectivity index (χ2n) is 7.41. The zero-order chi connectivity index (χ0) is 23.5. The molecule has 4 rings (SSSR count). The molecule has 0 radical (unpaired) electrons. The molecule has 1 heterocycles. The van der Waals surface area contributed by atoms with E-state index in [1.54, 1.807) is 18.2 Å². The predicted molar refractivity (Wildman–Crippen MR) is 137 cm³/mol. The second kappa shape index (κ2) is 9.56. The molecule has 0 atom stereocenters. The van der Waals surface area contributed by atoms with Crippen LogP contribution in [0.15, 0.2) is 75.8 Å². The fraction of sp³-hybridized carbons (Fsp3) is 0.120. The maximum Gasteiger partial charge on any atom is 0.270 e. The van der Waals surface area contributed by atoms with E-state index in [2.05, 4.69) is 10.2 Å². The summed E-state index contributed by atoms with van der Waals surface area (Å²) in [5, 5.41) is 18.5. The molecule has 1 N–H and O–H groups in total. The van der Waals surface area contributed by atoms with Crippen LogP contribution in [0.25, 0.3) is 6.08 Å². The summed E-state index contributed by atoms with van der Waals surface area (Å²) < 4.78 is 5.60. The first-order valence-electron chi connectivity index (χ1n) is 10.1. The lowest BCUT2D eigenvalue weighted by atomic mass is 10.1. The summed E-state index contributed by atoms with van der Waals surface area (Å²) in [6.45, 7) is 3.90. The number of thiocarbonyl (C=S) groups is 1. The maximum atomic E-state index is 13.2. The molecule has 1 aliphatic rings. The lowest BCUT2D eigenvalue weighted by molar-refractivity contribution is -0.113. The molecule has 1 amide bonds. The predicted octanol–water partition coefficient (Wildman–Crippen LogP) is 6.84. The Morgan fingerprint density at radius 3 is 2.55 bits per heavy atom. The van der Waals surface area contributed by atoms with Crippen molar-refractivity contribution in [2.75, 3.05) is 12.0 Å². The molecular weight excluding hydrogens is 454 g/mol.